The lowest BCUT2D eigenvalue weighted by molar-refractivity contribution is 0.0913. The average molecular weight is 507 g/mol. The van der Waals surface area contributed by atoms with Crippen LogP contribution >= 0.6 is 0 Å². The first kappa shape index (κ1) is 25.3. The van der Waals surface area contributed by atoms with Gasteiger partial charge in [-0.25, -0.2) is 0 Å². The summed E-state index contributed by atoms with van der Waals surface area (Å²) in [6, 6.07) is 29.0. The van der Waals surface area contributed by atoms with E-state index in [1.165, 1.54) is 0 Å². The highest BCUT2D eigenvalue weighted by Crippen LogP contribution is 2.39. The van der Waals surface area contributed by atoms with E-state index < -0.39 is 5.60 Å². The maximum Gasteiger partial charge on any atom is 0.203 e. The van der Waals surface area contributed by atoms with Gasteiger partial charge in [0.25, 0.3) is 0 Å². The Bertz CT molecular complexity index is 1460. The molecule has 4 aromatic rings. The van der Waals surface area contributed by atoms with E-state index in [1.807, 2.05) is 105 Å². The average Bonchev–Trinajstić information content (AvgIpc) is 2.94. The van der Waals surface area contributed by atoms with E-state index in [0.717, 1.165) is 16.7 Å². The quantitative estimate of drug-likeness (QED) is 0.251. The third kappa shape index (κ3) is 5.63. The van der Waals surface area contributed by atoms with Crippen LogP contribution in [0.25, 0.3) is 17.2 Å². The van der Waals surface area contributed by atoms with Crippen LogP contribution < -0.4 is 14.2 Å². The zero-order chi connectivity index (χ0) is 26.5. The van der Waals surface area contributed by atoms with Gasteiger partial charge in [-0.3, -0.25) is 4.79 Å². The second-order valence-corrected chi connectivity index (χ2v) is 9.73. The molecular weight excluding hydrogens is 476 g/mol. The molecule has 0 saturated carbocycles. The molecule has 0 amide bonds. The second kappa shape index (κ2) is 11.0. The van der Waals surface area contributed by atoms with E-state index in [4.69, 9.17) is 14.2 Å². The molecular formula is C33H30O5. The number of benzene rings is 4. The topological polar surface area (TPSA) is 65.0 Å². The van der Waals surface area contributed by atoms with Gasteiger partial charge in [0.15, 0.2) is 6.61 Å². The fourth-order valence-corrected chi connectivity index (χ4v) is 4.40. The van der Waals surface area contributed by atoms with Gasteiger partial charge in [-0.2, -0.15) is 0 Å². The maximum atomic E-state index is 13.5. The van der Waals surface area contributed by atoms with Crippen LogP contribution in [0.2, 0.25) is 0 Å². The van der Waals surface area contributed by atoms with Crippen molar-refractivity contribution in [1.29, 1.82) is 0 Å². The first-order valence-electron chi connectivity index (χ1n) is 12.6. The van der Waals surface area contributed by atoms with E-state index in [9.17, 15) is 9.90 Å². The summed E-state index contributed by atoms with van der Waals surface area (Å²) in [6.07, 6.45) is 3.85. The van der Waals surface area contributed by atoms with Crippen molar-refractivity contribution in [3.63, 3.8) is 0 Å². The number of carbonyl (C=O) groups is 1. The molecule has 5 rings (SSSR count). The zero-order valence-corrected chi connectivity index (χ0v) is 21.5. The number of fused-ring (bicyclic) bond motifs is 1. The summed E-state index contributed by atoms with van der Waals surface area (Å²) in [7, 11) is 0. The molecule has 0 unspecified atom stereocenters. The molecule has 5 heteroatoms. The van der Waals surface area contributed by atoms with Crippen LogP contribution in [0, 0.1) is 0 Å². The summed E-state index contributed by atoms with van der Waals surface area (Å²) in [5, 5.41) is 9.92. The van der Waals surface area contributed by atoms with E-state index in [0.29, 0.717) is 40.5 Å². The summed E-state index contributed by atoms with van der Waals surface area (Å²) in [4.78, 5) is 13.5. The highest BCUT2D eigenvalue weighted by atomic mass is 16.5. The molecule has 1 aliphatic heterocycles. The van der Waals surface area contributed by atoms with Crippen LogP contribution in [0.4, 0.5) is 0 Å². The highest BCUT2D eigenvalue weighted by molar-refractivity contribution is 6.00. The summed E-state index contributed by atoms with van der Waals surface area (Å²) in [5.41, 5.74) is 4.27. The number of aliphatic hydroxyl groups excluding tert-OH is 1. The Balaban J connectivity index is 1.42. The molecule has 5 nitrogen and oxygen atoms in total. The molecule has 192 valence electrons. The number of hydrogen-bond donors (Lipinski definition) is 1. The van der Waals surface area contributed by atoms with Crippen LogP contribution in [0.15, 0.2) is 97.1 Å². The molecule has 0 aromatic heterocycles. The van der Waals surface area contributed by atoms with Gasteiger partial charge in [-0.15, -0.1) is 0 Å². The first-order chi connectivity index (χ1) is 18.4. The Hall–Kier alpha value is -4.35. The normalized spacial score (nSPS) is 13.3. The van der Waals surface area contributed by atoms with Crippen molar-refractivity contribution in [2.45, 2.75) is 32.7 Å². The third-order valence-electron chi connectivity index (χ3n) is 6.41. The van der Waals surface area contributed by atoms with Crippen molar-refractivity contribution in [3.05, 3.63) is 119 Å². The lowest BCUT2D eigenvalue weighted by Gasteiger charge is -2.29. The van der Waals surface area contributed by atoms with Crippen LogP contribution in [-0.4, -0.2) is 23.1 Å². The van der Waals surface area contributed by atoms with Crippen LogP contribution in [0.1, 0.15) is 40.9 Å². The highest BCUT2D eigenvalue weighted by Gasteiger charge is 2.26. The van der Waals surface area contributed by atoms with Crippen molar-refractivity contribution >= 4 is 11.9 Å². The smallest absolute Gasteiger partial charge is 0.203 e. The summed E-state index contributed by atoms with van der Waals surface area (Å²) in [5.74, 6) is 1.36. The van der Waals surface area contributed by atoms with Gasteiger partial charge in [0.1, 0.15) is 29.5 Å². The molecule has 0 spiro atoms. The van der Waals surface area contributed by atoms with E-state index in [1.54, 1.807) is 12.1 Å². The molecule has 0 saturated heterocycles. The van der Waals surface area contributed by atoms with Gasteiger partial charge in [0.2, 0.25) is 5.78 Å². The molecule has 1 aliphatic rings. The first-order valence-corrected chi connectivity index (χ1v) is 12.6. The number of ether oxygens (including phenoxy) is 3. The Morgan fingerprint density at radius 3 is 2.34 bits per heavy atom. The molecule has 38 heavy (non-hydrogen) atoms. The predicted molar refractivity (Wildman–Crippen MR) is 149 cm³/mol. The van der Waals surface area contributed by atoms with Crippen molar-refractivity contribution < 1.29 is 24.1 Å². The Morgan fingerprint density at radius 1 is 0.868 bits per heavy atom. The lowest BCUT2D eigenvalue weighted by Crippen LogP contribution is -2.27. The summed E-state index contributed by atoms with van der Waals surface area (Å²) in [6.45, 7) is 3.83. The summed E-state index contributed by atoms with van der Waals surface area (Å²) < 4.78 is 18.3. The molecule has 0 bridgehead atoms. The largest absolute Gasteiger partial charge is 0.488 e. The zero-order valence-electron chi connectivity index (χ0n) is 21.5. The Labute approximate surface area is 222 Å². The van der Waals surface area contributed by atoms with Gasteiger partial charge in [-0.05, 0) is 67.0 Å². The fraction of sp³-hybridized carbons (Fsp3) is 0.182. The fourth-order valence-electron chi connectivity index (χ4n) is 4.40. The summed E-state index contributed by atoms with van der Waals surface area (Å²) >= 11 is 0. The molecule has 4 aromatic carbocycles. The van der Waals surface area contributed by atoms with Gasteiger partial charge >= 0.3 is 0 Å². The molecule has 1 N–H and O–H groups in total. The van der Waals surface area contributed by atoms with Gasteiger partial charge < -0.3 is 19.3 Å². The van der Waals surface area contributed by atoms with Crippen molar-refractivity contribution in [2.24, 2.45) is 0 Å². The number of rotatable bonds is 9. The standard InChI is InChI=1S/C33H30O5/c1-33(2)18-17-28-30(38-33)16-14-26(20-34)32(28)37-22-29(35)27-15-13-25(24-11-7-4-8-12-24)19-31(27)36-21-23-9-5-3-6-10-23/h3-19,34H,20-22H2,1-2H3. The molecule has 0 radical (unpaired) electrons. The number of hydrogen-bond acceptors (Lipinski definition) is 5. The van der Waals surface area contributed by atoms with E-state index >= 15 is 0 Å². The molecule has 0 atom stereocenters. The van der Waals surface area contributed by atoms with Crippen LogP contribution in [-0.2, 0) is 13.2 Å². The minimum atomic E-state index is -0.452. The van der Waals surface area contributed by atoms with Crippen molar-refractivity contribution in [3.8, 4) is 28.4 Å². The van der Waals surface area contributed by atoms with Gasteiger partial charge in [-0.1, -0.05) is 66.7 Å². The third-order valence-corrected chi connectivity index (χ3v) is 6.41. The van der Waals surface area contributed by atoms with E-state index in [-0.39, 0.29) is 19.0 Å². The SMILES string of the molecule is CC1(C)C=Cc2c(ccc(CO)c2OCC(=O)c2ccc(-c3ccccc3)cc2OCc2ccccc2)O1. The van der Waals surface area contributed by atoms with Crippen molar-refractivity contribution in [2.75, 3.05) is 6.61 Å². The van der Waals surface area contributed by atoms with Crippen LogP contribution in [0.3, 0.4) is 0 Å². The Kier molecular flexibility index (Phi) is 7.29. The Morgan fingerprint density at radius 2 is 1.61 bits per heavy atom. The minimum Gasteiger partial charge on any atom is -0.488 e. The monoisotopic (exact) mass is 506 g/mol. The predicted octanol–water partition coefficient (Wildman–Crippen LogP) is 6.87. The van der Waals surface area contributed by atoms with Crippen molar-refractivity contribution in [1.82, 2.24) is 0 Å². The van der Waals surface area contributed by atoms with Crippen LogP contribution in [0.5, 0.6) is 17.2 Å². The molecule has 0 aliphatic carbocycles. The minimum absolute atomic E-state index is 0.215. The number of aliphatic hydroxyl groups is 1. The van der Waals surface area contributed by atoms with Gasteiger partial charge in [0.05, 0.1) is 17.7 Å². The lowest BCUT2D eigenvalue weighted by atomic mass is 9.99. The molecule has 1 heterocycles. The number of Topliss-reactive ketones (excluding diaryl/α,β-unsaturated/α-hetero) is 1. The van der Waals surface area contributed by atoms with E-state index in [2.05, 4.69) is 0 Å². The number of ketones is 1. The maximum absolute atomic E-state index is 13.5. The second-order valence-electron chi connectivity index (χ2n) is 9.73. The molecule has 0 fully saturated rings. The van der Waals surface area contributed by atoms with Gasteiger partial charge in [0, 0.05) is 5.56 Å². The number of carbonyl (C=O) groups excluding carboxylic acids is 1.